The number of hydrogen-bond acceptors (Lipinski definition) is 4. The van der Waals surface area contributed by atoms with Crippen LogP contribution >= 0.6 is 24.0 Å². The lowest BCUT2D eigenvalue weighted by Gasteiger charge is -2.27. The van der Waals surface area contributed by atoms with Crippen molar-refractivity contribution >= 4 is 29.1 Å². The average Bonchev–Trinajstić information content (AvgIpc) is 3.08. The number of rotatable bonds is 3. The van der Waals surface area contributed by atoms with Crippen LogP contribution in [-0.2, 0) is 6.54 Å². The highest BCUT2D eigenvalue weighted by atomic mass is 32.2. The lowest BCUT2D eigenvalue weighted by molar-refractivity contribution is 0.174. The Morgan fingerprint density at radius 1 is 1.20 bits per heavy atom. The first-order chi connectivity index (χ1) is 12.2. The zero-order chi connectivity index (χ0) is 17.2. The molecule has 4 rings (SSSR count). The molecule has 2 heterocycles. The van der Waals surface area contributed by atoms with Crippen LogP contribution < -0.4 is 20.1 Å². The number of ether oxygens (including phenoxy) is 2. The lowest BCUT2D eigenvalue weighted by Crippen LogP contribution is -2.38. The number of hydrogen-bond donors (Lipinski definition) is 2. The summed E-state index contributed by atoms with van der Waals surface area (Å²) in [6.07, 6.45) is 0.910. The molecular weight excluding hydrogens is 359 g/mol. The minimum atomic E-state index is -0.215. The third-order valence-electron chi connectivity index (χ3n) is 4.21. The van der Waals surface area contributed by atoms with Crippen molar-refractivity contribution in [1.82, 2.24) is 10.6 Å². The summed E-state index contributed by atoms with van der Waals surface area (Å²) < 4.78 is 24.3. The topological polar surface area (TPSA) is 42.5 Å². The first-order valence-electron chi connectivity index (χ1n) is 8.04. The third kappa shape index (κ3) is 3.67. The molecule has 130 valence electrons. The van der Waals surface area contributed by atoms with Crippen molar-refractivity contribution < 1.29 is 13.9 Å². The van der Waals surface area contributed by atoms with Crippen molar-refractivity contribution in [1.29, 1.82) is 0 Å². The molecule has 2 aliphatic heterocycles. The van der Waals surface area contributed by atoms with Crippen LogP contribution in [0.1, 0.15) is 23.6 Å². The molecule has 2 aromatic rings. The largest absolute Gasteiger partial charge is 0.454 e. The van der Waals surface area contributed by atoms with Crippen LogP contribution in [0.4, 0.5) is 4.39 Å². The van der Waals surface area contributed by atoms with E-state index < -0.39 is 0 Å². The first kappa shape index (κ1) is 16.5. The Bertz CT molecular complexity index is 816. The molecule has 2 aromatic carbocycles. The fourth-order valence-corrected chi connectivity index (χ4v) is 4.28. The highest BCUT2D eigenvalue weighted by Gasteiger charge is 2.22. The number of thiocarbonyl (C=S) groups is 1. The van der Waals surface area contributed by atoms with Crippen molar-refractivity contribution in [3.05, 3.63) is 53.3 Å². The summed E-state index contributed by atoms with van der Waals surface area (Å²) in [6, 6.07) is 10.8. The van der Waals surface area contributed by atoms with E-state index in [1.807, 2.05) is 24.3 Å². The SMILES string of the molecule is Fc1ccc2c(c1)[C@H](NC(=S)NCc1ccc3c(c1)OCO3)CCS2. The Morgan fingerprint density at radius 2 is 2.08 bits per heavy atom. The summed E-state index contributed by atoms with van der Waals surface area (Å²) in [4.78, 5) is 1.11. The number of halogens is 1. The standard InChI is InChI=1S/C18H17FN2O2S2/c19-12-2-4-17-13(8-12)14(5-6-25-17)21-18(24)20-9-11-1-3-15-16(7-11)23-10-22-15/h1-4,7-8,14H,5-6,9-10H2,(H2,20,21,24)/t14-/m1/s1. The van der Waals surface area contributed by atoms with Crippen LogP contribution in [-0.4, -0.2) is 17.7 Å². The molecule has 0 unspecified atom stereocenters. The lowest BCUT2D eigenvalue weighted by atomic mass is 10.0. The molecule has 1 atom stereocenters. The van der Waals surface area contributed by atoms with Crippen molar-refractivity contribution in [3.63, 3.8) is 0 Å². The predicted molar refractivity (Wildman–Crippen MR) is 99.6 cm³/mol. The highest BCUT2D eigenvalue weighted by Crippen LogP contribution is 2.36. The van der Waals surface area contributed by atoms with Gasteiger partial charge in [0.05, 0.1) is 6.04 Å². The van der Waals surface area contributed by atoms with Crippen molar-refractivity contribution in [3.8, 4) is 11.5 Å². The summed E-state index contributed by atoms with van der Waals surface area (Å²) in [6.45, 7) is 0.849. The van der Waals surface area contributed by atoms with E-state index in [0.717, 1.165) is 39.7 Å². The Kier molecular flexibility index (Phi) is 4.67. The van der Waals surface area contributed by atoms with E-state index in [4.69, 9.17) is 21.7 Å². The van der Waals surface area contributed by atoms with E-state index >= 15 is 0 Å². The molecule has 0 aliphatic carbocycles. The molecule has 2 N–H and O–H groups in total. The smallest absolute Gasteiger partial charge is 0.231 e. The fourth-order valence-electron chi connectivity index (χ4n) is 2.96. The minimum Gasteiger partial charge on any atom is -0.454 e. The maximum atomic E-state index is 13.6. The molecule has 7 heteroatoms. The molecular formula is C18H17FN2O2S2. The molecule has 4 nitrogen and oxygen atoms in total. The maximum Gasteiger partial charge on any atom is 0.231 e. The Balaban J connectivity index is 1.38. The van der Waals surface area contributed by atoms with Gasteiger partial charge in [-0.25, -0.2) is 4.39 Å². The van der Waals surface area contributed by atoms with Crippen LogP contribution in [0.5, 0.6) is 11.5 Å². The third-order valence-corrected chi connectivity index (χ3v) is 5.59. The van der Waals surface area contributed by atoms with Crippen LogP contribution in [0.25, 0.3) is 0 Å². The van der Waals surface area contributed by atoms with Crippen molar-refractivity contribution in [2.24, 2.45) is 0 Å². The molecule has 25 heavy (non-hydrogen) atoms. The molecule has 0 aromatic heterocycles. The van der Waals surface area contributed by atoms with Gasteiger partial charge < -0.3 is 20.1 Å². The monoisotopic (exact) mass is 376 g/mol. The zero-order valence-electron chi connectivity index (χ0n) is 13.4. The van der Waals surface area contributed by atoms with Gasteiger partial charge in [-0.15, -0.1) is 11.8 Å². The second kappa shape index (κ2) is 7.09. The second-order valence-corrected chi connectivity index (χ2v) is 7.43. The molecule has 2 aliphatic rings. The van der Waals surface area contributed by atoms with Crippen molar-refractivity contribution in [2.75, 3.05) is 12.5 Å². The summed E-state index contributed by atoms with van der Waals surface area (Å²) in [5.41, 5.74) is 2.03. The summed E-state index contributed by atoms with van der Waals surface area (Å²) >= 11 is 7.17. The number of benzene rings is 2. The summed E-state index contributed by atoms with van der Waals surface area (Å²) in [5.74, 6) is 2.29. The Morgan fingerprint density at radius 3 is 3.00 bits per heavy atom. The number of thioether (sulfide) groups is 1. The van der Waals surface area contributed by atoms with Crippen LogP contribution in [0.15, 0.2) is 41.3 Å². The van der Waals surface area contributed by atoms with Gasteiger partial charge in [-0.2, -0.15) is 0 Å². The van der Waals surface area contributed by atoms with Gasteiger partial charge in [-0.05, 0) is 60.1 Å². The van der Waals surface area contributed by atoms with E-state index in [2.05, 4.69) is 10.6 Å². The Hall–Kier alpha value is -1.99. The van der Waals surface area contributed by atoms with E-state index in [-0.39, 0.29) is 18.7 Å². The predicted octanol–water partition coefficient (Wildman–Crippen LogP) is 3.76. The minimum absolute atomic E-state index is 0.0312. The maximum absolute atomic E-state index is 13.6. The van der Waals surface area contributed by atoms with Crippen LogP contribution in [0.3, 0.4) is 0 Å². The molecule has 0 fully saturated rings. The normalized spacial score (nSPS) is 17.7. The van der Waals surface area contributed by atoms with Gasteiger partial charge in [-0.3, -0.25) is 0 Å². The molecule has 0 radical (unpaired) electrons. The van der Waals surface area contributed by atoms with Gasteiger partial charge in [0.2, 0.25) is 6.79 Å². The van der Waals surface area contributed by atoms with E-state index in [0.29, 0.717) is 11.7 Å². The van der Waals surface area contributed by atoms with E-state index in [9.17, 15) is 4.39 Å². The zero-order valence-corrected chi connectivity index (χ0v) is 15.0. The quantitative estimate of drug-likeness (QED) is 0.796. The van der Waals surface area contributed by atoms with Gasteiger partial charge in [0.25, 0.3) is 0 Å². The van der Waals surface area contributed by atoms with Gasteiger partial charge in [0.1, 0.15) is 5.82 Å². The number of nitrogens with one attached hydrogen (secondary N) is 2. The highest BCUT2D eigenvalue weighted by molar-refractivity contribution is 7.99. The molecule has 0 amide bonds. The fraction of sp³-hybridized carbons (Fsp3) is 0.278. The second-order valence-electron chi connectivity index (χ2n) is 5.89. The molecule has 0 bridgehead atoms. The van der Waals surface area contributed by atoms with Crippen molar-refractivity contribution in [2.45, 2.75) is 23.9 Å². The number of fused-ring (bicyclic) bond motifs is 2. The van der Waals surface area contributed by atoms with Crippen LogP contribution in [0.2, 0.25) is 0 Å². The van der Waals surface area contributed by atoms with Gasteiger partial charge >= 0.3 is 0 Å². The molecule has 0 saturated carbocycles. The van der Waals surface area contributed by atoms with Crippen LogP contribution in [0, 0.1) is 5.82 Å². The van der Waals surface area contributed by atoms with Gasteiger partial charge in [0.15, 0.2) is 16.6 Å². The summed E-state index contributed by atoms with van der Waals surface area (Å²) in [5, 5.41) is 7.08. The van der Waals surface area contributed by atoms with Gasteiger partial charge in [-0.1, -0.05) is 6.07 Å². The molecule has 0 spiro atoms. The Labute approximate surface area is 155 Å². The molecule has 0 saturated heterocycles. The van der Waals surface area contributed by atoms with E-state index in [1.54, 1.807) is 17.8 Å². The summed E-state index contributed by atoms with van der Waals surface area (Å²) in [7, 11) is 0. The first-order valence-corrected chi connectivity index (χ1v) is 9.43. The van der Waals surface area contributed by atoms with Gasteiger partial charge in [0, 0.05) is 17.2 Å². The average molecular weight is 376 g/mol. The van der Waals surface area contributed by atoms with E-state index in [1.165, 1.54) is 6.07 Å².